The van der Waals surface area contributed by atoms with Crippen molar-refractivity contribution in [2.75, 3.05) is 6.54 Å². The summed E-state index contributed by atoms with van der Waals surface area (Å²) in [6.45, 7) is 2.20. The van der Waals surface area contributed by atoms with Crippen molar-refractivity contribution in [1.29, 1.82) is 0 Å². The zero-order valence-corrected chi connectivity index (χ0v) is 13.9. The van der Waals surface area contributed by atoms with E-state index >= 15 is 0 Å². The summed E-state index contributed by atoms with van der Waals surface area (Å²) in [5, 5.41) is 0. The maximum absolute atomic E-state index is 11.9. The molecule has 1 aliphatic rings. The van der Waals surface area contributed by atoms with Gasteiger partial charge in [-0.15, -0.1) is 0 Å². The number of allylic oxidation sites excluding steroid dienone is 2. The molecule has 110 valence electrons. The van der Waals surface area contributed by atoms with Gasteiger partial charge in [0, 0.05) is 17.9 Å². The van der Waals surface area contributed by atoms with Crippen LogP contribution in [0, 0.1) is 0 Å². The monoisotopic (exact) mass is 353 g/mol. The lowest BCUT2D eigenvalue weighted by molar-refractivity contribution is -0.125. The first kappa shape index (κ1) is 14.8. The zero-order valence-electron chi connectivity index (χ0n) is 12.3. The molecule has 0 aromatic heterocycles. The molecule has 0 unspecified atom stereocenters. The number of amides is 1. The molecule has 0 atom stereocenters. The zero-order chi connectivity index (χ0) is 15.5. The third-order valence-electron chi connectivity index (χ3n) is 3.70. The second kappa shape index (κ2) is 6.32. The van der Waals surface area contributed by atoms with Gasteiger partial charge >= 0.3 is 0 Å². The van der Waals surface area contributed by atoms with Crippen molar-refractivity contribution in [3.05, 3.63) is 82.3 Å². The summed E-state index contributed by atoms with van der Waals surface area (Å²) in [5.74, 6) is 0.0533. The lowest BCUT2D eigenvalue weighted by atomic mass is 9.98. The van der Waals surface area contributed by atoms with Gasteiger partial charge in [0.25, 0.3) is 0 Å². The van der Waals surface area contributed by atoms with Crippen molar-refractivity contribution >= 4 is 33.1 Å². The fraction of sp³-hybridized carbons (Fsp3) is 0.105. The fourth-order valence-electron chi connectivity index (χ4n) is 2.56. The number of hydrogen-bond acceptors (Lipinski definition) is 1. The van der Waals surface area contributed by atoms with Crippen LogP contribution in [0.5, 0.6) is 0 Å². The van der Waals surface area contributed by atoms with E-state index in [4.69, 9.17) is 0 Å². The molecule has 0 bridgehead atoms. The lowest BCUT2D eigenvalue weighted by Gasteiger charge is -2.27. The van der Waals surface area contributed by atoms with Gasteiger partial charge < -0.3 is 4.90 Å². The first-order valence-corrected chi connectivity index (χ1v) is 7.96. The molecule has 0 radical (unpaired) electrons. The normalized spacial score (nSPS) is 14.4. The van der Waals surface area contributed by atoms with Crippen LogP contribution < -0.4 is 0 Å². The van der Waals surface area contributed by atoms with Gasteiger partial charge in [-0.1, -0.05) is 64.5 Å². The van der Waals surface area contributed by atoms with Crippen LogP contribution in [0.2, 0.25) is 0 Å². The second-order valence-electron chi connectivity index (χ2n) is 5.19. The van der Waals surface area contributed by atoms with Crippen LogP contribution in [0.15, 0.2) is 71.2 Å². The molecule has 2 aromatic rings. The average Bonchev–Trinajstić information content (AvgIpc) is 2.56. The second-order valence-corrected chi connectivity index (χ2v) is 6.11. The number of hydrogen-bond donors (Lipinski definition) is 0. The van der Waals surface area contributed by atoms with E-state index in [0.29, 0.717) is 6.54 Å². The summed E-state index contributed by atoms with van der Waals surface area (Å²) in [4.78, 5) is 13.7. The standard InChI is InChI=1S/C19H16BrNO/c1-14(22)21-12-11-17(15-5-3-2-4-6-15)13-19(21)16-7-9-18(20)10-8-16/h2-11,13H,12H2,1H3. The Labute approximate surface area is 138 Å². The molecular weight excluding hydrogens is 338 g/mol. The van der Waals surface area contributed by atoms with Gasteiger partial charge in [-0.2, -0.15) is 0 Å². The van der Waals surface area contributed by atoms with Crippen LogP contribution in [-0.2, 0) is 4.79 Å². The molecule has 0 saturated heterocycles. The van der Waals surface area contributed by atoms with Gasteiger partial charge in [-0.25, -0.2) is 0 Å². The van der Waals surface area contributed by atoms with Crippen LogP contribution in [0.3, 0.4) is 0 Å². The summed E-state index contributed by atoms with van der Waals surface area (Å²) in [6, 6.07) is 18.3. The third kappa shape index (κ3) is 3.04. The predicted octanol–water partition coefficient (Wildman–Crippen LogP) is 4.74. The highest BCUT2D eigenvalue weighted by molar-refractivity contribution is 9.10. The Morgan fingerprint density at radius 3 is 2.32 bits per heavy atom. The minimum Gasteiger partial charge on any atom is -0.308 e. The largest absolute Gasteiger partial charge is 0.308 e. The fourth-order valence-corrected chi connectivity index (χ4v) is 2.83. The Bertz CT molecular complexity index is 745. The Hall–Kier alpha value is -2.13. The Morgan fingerprint density at radius 1 is 1.00 bits per heavy atom. The van der Waals surface area contributed by atoms with Crippen LogP contribution in [0.1, 0.15) is 18.1 Å². The van der Waals surface area contributed by atoms with Crippen LogP contribution >= 0.6 is 15.9 Å². The Kier molecular flexibility index (Phi) is 4.25. The molecule has 0 fully saturated rings. The molecule has 3 heteroatoms. The number of rotatable bonds is 2. The van der Waals surface area contributed by atoms with Crippen LogP contribution in [0.4, 0.5) is 0 Å². The predicted molar refractivity (Wildman–Crippen MR) is 93.9 cm³/mol. The van der Waals surface area contributed by atoms with Crippen molar-refractivity contribution in [2.45, 2.75) is 6.92 Å². The third-order valence-corrected chi connectivity index (χ3v) is 4.23. The van der Waals surface area contributed by atoms with Crippen LogP contribution in [-0.4, -0.2) is 17.4 Å². The van der Waals surface area contributed by atoms with Gasteiger partial charge in [-0.05, 0) is 34.9 Å². The van der Waals surface area contributed by atoms with Gasteiger partial charge in [0.05, 0.1) is 5.70 Å². The first-order valence-electron chi connectivity index (χ1n) is 7.16. The number of nitrogens with zero attached hydrogens (tertiary/aromatic N) is 1. The molecule has 3 rings (SSSR count). The molecule has 0 saturated carbocycles. The lowest BCUT2D eigenvalue weighted by Crippen LogP contribution is -2.29. The summed E-state index contributed by atoms with van der Waals surface area (Å²) in [6.07, 6.45) is 4.18. The van der Waals surface area contributed by atoms with Gasteiger partial charge in [-0.3, -0.25) is 4.79 Å². The maximum atomic E-state index is 11.9. The van der Waals surface area contributed by atoms with Crippen molar-refractivity contribution in [2.24, 2.45) is 0 Å². The van der Waals surface area contributed by atoms with Crippen molar-refractivity contribution in [1.82, 2.24) is 4.90 Å². The molecule has 1 heterocycles. The molecule has 2 nitrogen and oxygen atoms in total. The summed E-state index contributed by atoms with van der Waals surface area (Å²) < 4.78 is 1.03. The molecule has 0 spiro atoms. The van der Waals surface area contributed by atoms with Crippen molar-refractivity contribution in [3.63, 3.8) is 0 Å². The Morgan fingerprint density at radius 2 is 1.68 bits per heavy atom. The molecule has 0 aliphatic carbocycles. The average molecular weight is 354 g/mol. The van der Waals surface area contributed by atoms with Gasteiger partial charge in [0.1, 0.15) is 0 Å². The van der Waals surface area contributed by atoms with E-state index in [1.54, 1.807) is 11.8 Å². The summed E-state index contributed by atoms with van der Waals surface area (Å²) >= 11 is 3.45. The number of halogens is 1. The van der Waals surface area contributed by atoms with Crippen molar-refractivity contribution < 1.29 is 4.79 Å². The highest BCUT2D eigenvalue weighted by atomic mass is 79.9. The smallest absolute Gasteiger partial charge is 0.224 e. The summed E-state index contributed by atoms with van der Waals surface area (Å²) in [5.41, 5.74) is 4.30. The minimum absolute atomic E-state index is 0.0533. The highest BCUT2D eigenvalue weighted by Crippen LogP contribution is 2.30. The minimum atomic E-state index is 0.0533. The van der Waals surface area contributed by atoms with E-state index in [0.717, 1.165) is 21.3 Å². The topological polar surface area (TPSA) is 20.3 Å². The maximum Gasteiger partial charge on any atom is 0.224 e. The molecule has 2 aromatic carbocycles. The number of carbonyl (C=O) groups excluding carboxylic acids is 1. The quantitative estimate of drug-likeness (QED) is 0.763. The van der Waals surface area contributed by atoms with E-state index in [1.807, 2.05) is 42.5 Å². The van der Waals surface area contributed by atoms with E-state index in [9.17, 15) is 4.79 Å². The molecule has 1 aliphatic heterocycles. The van der Waals surface area contributed by atoms with Crippen LogP contribution in [0.25, 0.3) is 11.3 Å². The molecule has 1 amide bonds. The molecule has 22 heavy (non-hydrogen) atoms. The van der Waals surface area contributed by atoms with E-state index in [-0.39, 0.29) is 5.91 Å². The Balaban J connectivity index is 2.04. The summed E-state index contributed by atoms with van der Waals surface area (Å²) in [7, 11) is 0. The first-order chi connectivity index (χ1) is 10.6. The molecular formula is C19H16BrNO. The SMILES string of the molecule is CC(=O)N1CC=C(c2ccccc2)C=C1c1ccc(Br)cc1. The van der Waals surface area contributed by atoms with Gasteiger partial charge in [0.2, 0.25) is 5.91 Å². The molecule has 0 N–H and O–H groups in total. The number of carbonyl (C=O) groups is 1. The highest BCUT2D eigenvalue weighted by Gasteiger charge is 2.19. The van der Waals surface area contributed by atoms with Gasteiger partial charge in [0.15, 0.2) is 0 Å². The van der Waals surface area contributed by atoms with E-state index in [1.165, 1.54) is 5.56 Å². The van der Waals surface area contributed by atoms with Crippen molar-refractivity contribution in [3.8, 4) is 0 Å². The number of benzene rings is 2. The van der Waals surface area contributed by atoms with E-state index < -0.39 is 0 Å². The van der Waals surface area contributed by atoms with E-state index in [2.05, 4.69) is 40.2 Å².